The first-order valence-corrected chi connectivity index (χ1v) is 9.28. The second-order valence-electron chi connectivity index (χ2n) is 5.68. The first kappa shape index (κ1) is 16.7. The summed E-state index contributed by atoms with van der Waals surface area (Å²) in [5.41, 5.74) is 0.704. The van der Waals surface area contributed by atoms with Crippen LogP contribution in [0.5, 0.6) is 0 Å². The van der Waals surface area contributed by atoms with Gasteiger partial charge in [-0.1, -0.05) is 0 Å². The van der Waals surface area contributed by atoms with Gasteiger partial charge >= 0.3 is 0 Å². The lowest BCUT2D eigenvalue weighted by molar-refractivity contribution is 0.0984. The second-order valence-corrected chi connectivity index (χ2v) is 7.58. The third kappa shape index (κ3) is 3.51. The Morgan fingerprint density at radius 1 is 1.29 bits per heavy atom. The van der Waals surface area contributed by atoms with Gasteiger partial charge in [0.05, 0.1) is 31.1 Å². The van der Waals surface area contributed by atoms with Crippen LogP contribution in [0.3, 0.4) is 0 Å². The van der Waals surface area contributed by atoms with E-state index < -0.39 is 15.7 Å². The Labute approximate surface area is 139 Å². The van der Waals surface area contributed by atoms with E-state index in [2.05, 4.69) is 15.0 Å². The summed E-state index contributed by atoms with van der Waals surface area (Å²) in [6.45, 7) is 3.60. The fraction of sp³-hybridized carbons (Fsp3) is 0.400. The zero-order valence-corrected chi connectivity index (χ0v) is 14.1. The molecule has 0 aromatic carbocycles. The molecule has 0 N–H and O–H groups in total. The Kier molecular flexibility index (Phi) is 4.46. The van der Waals surface area contributed by atoms with Crippen LogP contribution >= 0.6 is 0 Å². The van der Waals surface area contributed by atoms with Gasteiger partial charge in [-0.15, -0.1) is 0 Å². The molecular weight excluding hydrogens is 335 g/mol. The standard InChI is InChI=1S/C15H17FN4O3S/c1-10-9-23-4-3-20(10)14-6-13(11-5-12(16)8-17-7-11)18-15(19-14)24(2,21)22/h5-8,10H,3-4,9H2,1-2H3. The van der Waals surface area contributed by atoms with Crippen molar-refractivity contribution in [2.75, 3.05) is 30.9 Å². The Hall–Kier alpha value is -2.13. The molecule has 3 rings (SSSR count). The number of hydrogen-bond donors (Lipinski definition) is 0. The molecule has 0 aliphatic carbocycles. The van der Waals surface area contributed by atoms with Gasteiger partial charge in [0.25, 0.3) is 0 Å². The van der Waals surface area contributed by atoms with Crippen molar-refractivity contribution in [1.29, 1.82) is 0 Å². The van der Waals surface area contributed by atoms with Gasteiger partial charge < -0.3 is 9.64 Å². The van der Waals surface area contributed by atoms with Crippen LogP contribution in [0.25, 0.3) is 11.3 Å². The van der Waals surface area contributed by atoms with E-state index >= 15 is 0 Å². The summed E-state index contributed by atoms with van der Waals surface area (Å²) in [5, 5.41) is -0.294. The van der Waals surface area contributed by atoms with Crippen LogP contribution in [0.2, 0.25) is 0 Å². The van der Waals surface area contributed by atoms with Gasteiger partial charge in [-0.3, -0.25) is 4.98 Å². The molecule has 128 valence electrons. The van der Waals surface area contributed by atoms with Gasteiger partial charge in [0, 0.05) is 30.6 Å². The van der Waals surface area contributed by atoms with Gasteiger partial charge in [-0.05, 0) is 13.0 Å². The molecule has 24 heavy (non-hydrogen) atoms. The summed E-state index contributed by atoms with van der Waals surface area (Å²) in [5.74, 6) is -0.0474. The molecule has 1 saturated heterocycles. The molecule has 0 saturated carbocycles. The third-order valence-electron chi connectivity index (χ3n) is 3.69. The highest BCUT2D eigenvalue weighted by Crippen LogP contribution is 2.25. The van der Waals surface area contributed by atoms with Crippen LogP contribution in [-0.2, 0) is 14.6 Å². The predicted octanol–water partition coefficient (Wildman–Crippen LogP) is 1.31. The highest BCUT2D eigenvalue weighted by molar-refractivity contribution is 7.90. The molecule has 1 fully saturated rings. The Balaban J connectivity index is 2.14. The SMILES string of the molecule is CC1COCCN1c1cc(-c2cncc(F)c2)nc(S(C)(=O)=O)n1. The lowest BCUT2D eigenvalue weighted by atomic mass is 10.2. The maximum Gasteiger partial charge on any atom is 0.249 e. The predicted molar refractivity (Wildman–Crippen MR) is 86.0 cm³/mol. The van der Waals surface area contributed by atoms with Crippen LogP contribution < -0.4 is 4.90 Å². The number of rotatable bonds is 3. The second kappa shape index (κ2) is 6.40. The molecule has 0 bridgehead atoms. The largest absolute Gasteiger partial charge is 0.377 e. The van der Waals surface area contributed by atoms with Crippen molar-refractivity contribution in [3.8, 4) is 11.3 Å². The molecule has 0 spiro atoms. The van der Waals surface area contributed by atoms with Gasteiger partial charge in [0.15, 0.2) is 0 Å². The summed E-state index contributed by atoms with van der Waals surface area (Å²) in [7, 11) is -3.62. The number of morpholine rings is 1. The number of anilines is 1. The zero-order chi connectivity index (χ0) is 17.3. The van der Waals surface area contributed by atoms with Gasteiger partial charge in [0.2, 0.25) is 15.0 Å². The van der Waals surface area contributed by atoms with Crippen LogP contribution in [0.1, 0.15) is 6.92 Å². The summed E-state index contributed by atoms with van der Waals surface area (Å²) >= 11 is 0. The van der Waals surface area contributed by atoms with Gasteiger partial charge in [0.1, 0.15) is 11.6 Å². The Morgan fingerprint density at radius 3 is 2.75 bits per heavy atom. The molecule has 9 heteroatoms. The quantitative estimate of drug-likeness (QED) is 0.770. The van der Waals surface area contributed by atoms with Crippen LogP contribution in [0.4, 0.5) is 10.2 Å². The average molecular weight is 352 g/mol. The minimum atomic E-state index is -3.62. The summed E-state index contributed by atoms with van der Waals surface area (Å²) in [4.78, 5) is 14.0. The number of nitrogens with zero attached hydrogens (tertiary/aromatic N) is 4. The molecule has 0 amide bonds. The van der Waals surface area contributed by atoms with Crippen molar-refractivity contribution in [3.63, 3.8) is 0 Å². The van der Waals surface area contributed by atoms with E-state index in [-0.39, 0.29) is 11.2 Å². The molecule has 1 aliphatic heterocycles. The molecule has 1 atom stereocenters. The lowest BCUT2D eigenvalue weighted by Crippen LogP contribution is -2.44. The highest BCUT2D eigenvalue weighted by Gasteiger charge is 2.24. The number of halogens is 1. The highest BCUT2D eigenvalue weighted by atomic mass is 32.2. The van der Waals surface area contributed by atoms with E-state index in [0.29, 0.717) is 36.8 Å². The van der Waals surface area contributed by atoms with Crippen molar-refractivity contribution in [1.82, 2.24) is 15.0 Å². The minimum absolute atomic E-state index is 0.0412. The van der Waals surface area contributed by atoms with Crippen molar-refractivity contribution < 1.29 is 17.5 Å². The number of hydrogen-bond acceptors (Lipinski definition) is 7. The van der Waals surface area contributed by atoms with E-state index in [9.17, 15) is 12.8 Å². The first-order chi connectivity index (χ1) is 11.3. The van der Waals surface area contributed by atoms with E-state index in [4.69, 9.17) is 4.74 Å². The average Bonchev–Trinajstić information content (AvgIpc) is 2.54. The Morgan fingerprint density at radius 2 is 2.08 bits per heavy atom. The van der Waals surface area contributed by atoms with Crippen LogP contribution in [-0.4, -0.2) is 55.4 Å². The molecule has 2 aromatic heterocycles. The van der Waals surface area contributed by atoms with Gasteiger partial charge in [-0.25, -0.2) is 22.8 Å². The van der Waals surface area contributed by atoms with E-state index in [1.165, 1.54) is 12.3 Å². The van der Waals surface area contributed by atoms with E-state index in [1.54, 1.807) is 6.07 Å². The molecule has 1 aliphatic rings. The lowest BCUT2D eigenvalue weighted by Gasteiger charge is -2.34. The van der Waals surface area contributed by atoms with E-state index in [1.807, 2.05) is 11.8 Å². The van der Waals surface area contributed by atoms with E-state index in [0.717, 1.165) is 12.5 Å². The third-order valence-corrected chi connectivity index (χ3v) is 4.53. The monoisotopic (exact) mass is 352 g/mol. The smallest absolute Gasteiger partial charge is 0.249 e. The summed E-state index contributed by atoms with van der Waals surface area (Å²) in [6, 6.07) is 2.94. The molecule has 1 unspecified atom stereocenters. The van der Waals surface area contributed by atoms with Gasteiger partial charge in [-0.2, -0.15) is 0 Å². The normalized spacial score (nSPS) is 18.6. The van der Waals surface area contributed by atoms with Crippen molar-refractivity contribution in [3.05, 3.63) is 30.3 Å². The Bertz CT molecular complexity index is 860. The molecule has 7 nitrogen and oxygen atoms in total. The van der Waals surface area contributed by atoms with Crippen LogP contribution in [0.15, 0.2) is 29.7 Å². The summed E-state index contributed by atoms with van der Waals surface area (Å²) < 4.78 is 42.7. The van der Waals surface area contributed by atoms with Crippen molar-refractivity contribution >= 4 is 15.7 Å². The number of pyridine rings is 1. The molecular formula is C15H17FN4O3S. The topological polar surface area (TPSA) is 85.3 Å². The van der Waals surface area contributed by atoms with Crippen LogP contribution in [0, 0.1) is 5.82 Å². The first-order valence-electron chi connectivity index (χ1n) is 7.39. The number of sulfone groups is 1. The maximum atomic E-state index is 13.5. The zero-order valence-electron chi connectivity index (χ0n) is 13.3. The molecule has 0 radical (unpaired) electrons. The fourth-order valence-corrected chi connectivity index (χ4v) is 3.02. The fourth-order valence-electron chi connectivity index (χ4n) is 2.49. The summed E-state index contributed by atoms with van der Waals surface area (Å²) in [6.07, 6.45) is 3.56. The molecule has 2 aromatic rings. The van der Waals surface area contributed by atoms with Crippen molar-refractivity contribution in [2.45, 2.75) is 18.1 Å². The molecule has 3 heterocycles. The minimum Gasteiger partial charge on any atom is -0.377 e. The maximum absolute atomic E-state index is 13.5. The number of ether oxygens (including phenoxy) is 1. The van der Waals surface area contributed by atoms with Crippen molar-refractivity contribution in [2.24, 2.45) is 0 Å². The number of aromatic nitrogens is 3.